The highest BCUT2D eigenvalue weighted by Gasteiger charge is 2.15. The molecule has 1 amide bonds. The molecule has 3 aromatic rings. The Kier molecular flexibility index (Phi) is 8.30. The van der Waals surface area contributed by atoms with Crippen LogP contribution in [0, 0.1) is 32.1 Å². The first-order chi connectivity index (χ1) is 16.8. The second-order valence-electron chi connectivity index (χ2n) is 7.76. The van der Waals surface area contributed by atoms with Crippen LogP contribution < -0.4 is 19.5 Å². The molecule has 0 spiro atoms. The molecule has 8 heteroatoms. The van der Waals surface area contributed by atoms with E-state index in [9.17, 15) is 14.9 Å². The third-order valence-electron chi connectivity index (χ3n) is 5.30. The van der Waals surface area contributed by atoms with E-state index in [1.54, 1.807) is 24.3 Å². The molecule has 1 aromatic heterocycles. The molecule has 35 heavy (non-hydrogen) atoms. The summed E-state index contributed by atoms with van der Waals surface area (Å²) in [6.45, 7) is 5.71. The number of amides is 1. The van der Waals surface area contributed by atoms with Gasteiger partial charge in [0, 0.05) is 0 Å². The number of nitriles is 1. The Morgan fingerprint density at radius 3 is 2.54 bits per heavy atom. The maximum absolute atomic E-state index is 12.4. The number of aryl methyl sites for hydroxylation is 2. The number of methoxy groups -OCH3 is 1. The Bertz CT molecular complexity index is 1290. The van der Waals surface area contributed by atoms with Gasteiger partial charge in [0.05, 0.1) is 19.9 Å². The van der Waals surface area contributed by atoms with E-state index in [2.05, 4.69) is 5.32 Å². The third kappa shape index (κ3) is 6.51. The summed E-state index contributed by atoms with van der Waals surface area (Å²) in [5.41, 5.74) is 3.38. The van der Waals surface area contributed by atoms with Gasteiger partial charge >= 0.3 is 5.97 Å². The van der Waals surface area contributed by atoms with Crippen molar-refractivity contribution in [3.05, 3.63) is 82.3 Å². The number of hydrogen-bond acceptors (Lipinski definition) is 7. The fourth-order valence-corrected chi connectivity index (χ4v) is 3.28. The van der Waals surface area contributed by atoms with E-state index in [1.165, 1.54) is 25.5 Å². The molecule has 1 N–H and O–H groups in total. The number of rotatable bonds is 9. The smallest absolute Gasteiger partial charge is 0.349 e. The lowest BCUT2D eigenvalue weighted by atomic mass is 10.1. The van der Waals surface area contributed by atoms with Gasteiger partial charge in [-0.2, -0.15) is 5.26 Å². The lowest BCUT2D eigenvalue weighted by Crippen LogP contribution is -2.23. The number of benzene rings is 2. The number of carbonyl (C=O) groups is 2. The number of hydrogen-bond donors (Lipinski definition) is 1. The average molecular weight is 475 g/mol. The van der Waals surface area contributed by atoms with Crippen molar-refractivity contribution in [3.8, 4) is 23.3 Å². The Hall–Kier alpha value is -4.51. The van der Waals surface area contributed by atoms with Gasteiger partial charge in [0.1, 0.15) is 23.2 Å². The third-order valence-corrected chi connectivity index (χ3v) is 5.30. The monoisotopic (exact) mass is 474 g/mol. The standard InChI is InChI=1S/C27H26N2O6/c1-17-7-8-18(2)26(19(17)3)34-16-25(30)35-23-10-9-20(13-24(23)32-4)12-21(14-28)27(31)29-15-22-6-5-11-33-22/h5-13H,15-16H2,1-4H3,(H,29,31)/b21-12+. The first-order valence-corrected chi connectivity index (χ1v) is 10.8. The topological polar surface area (TPSA) is 111 Å². The number of ether oxygens (including phenoxy) is 3. The largest absolute Gasteiger partial charge is 0.493 e. The van der Waals surface area contributed by atoms with Gasteiger partial charge in [-0.25, -0.2) is 4.79 Å². The van der Waals surface area contributed by atoms with E-state index in [4.69, 9.17) is 18.6 Å². The molecule has 0 fully saturated rings. The zero-order valence-electron chi connectivity index (χ0n) is 20.0. The maximum atomic E-state index is 12.4. The van der Waals surface area contributed by atoms with Crippen molar-refractivity contribution in [2.24, 2.45) is 0 Å². The van der Waals surface area contributed by atoms with Crippen molar-refractivity contribution < 1.29 is 28.2 Å². The van der Waals surface area contributed by atoms with Gasteiger partial charge in [-0.1, -0.05) is 18.2 Å². The summed E-state index contributed by atoms with van der Waals surface area (Å²) >= 11 is 0. The fourth-order valence-electron chi connectivity index (χ4n) is 3.28. The van der Waals surface area contributed by atoms with Crippen LogP contribution >= 0.6 is 0 Å². The highest BCUT2D eigenvalue weighted by atomic mass is 16.6. The van der Waals surface area contributed by atoms with Crippen LogP contribution in [-0.2, 0) is 16.1 Å². The highest BCUT2D eigenvalue weighted by Crippen LogP contribution is 2.30. The van der Waals surface area contributed by atoms with Crippen LogP contribution in [-0.4, -0.2) is 25.6 Å². The van der Waals surface area contributed by atoms with Gasteiger partial charge in [0.2, 0.25) is 0 Å². The van der Waals surface area contributed by atoms with Gasteiger partial charge in [-0.15, -0.1) is 0 Å². The van der Waals surface area contributed by atoms with E-state index in [0.29, 0.717) is 17.1 Å². The zero-order valence-corrected chi connectivity index (χ0v) is 20.0. The lowest BCUT2D eigenvalue weighted by molar-refractivity contribution is -0.136. The Morgan fingerprint density at radius 1 is 1.09 bits per heavy atom. The Morgan fingerprint density at radius 2 is 1.86 bits per heavy atom. The number of carbonyl (C=O) groups excluding carboxylic acids is 2. The van der Waals surface area contributed by atoms with Crippen LogP contribution in [0.25, 0.3) is 6.08 Å². The highest BCUT2D eigenvalue weighted by molar-refractivity contribution is 6.01. The van der Waals surface area contributed by atoms with E-state index in [0.717, 1.165) is 16.7 Å². The molecule has 0 bridgehead atoms. The SMILES string of the molecule is COc1cc(/C=C(\C#N)C(=O)NCc2ccco2)ccc1OC(=O)COc1c(C)ccc(C)c1C. The number of furan rings is 1. The summed E-state index contributed by atoms with van der Waals surface area (Å²) < 4.78 is 21.6. The molecule has 0 radical (unpaired) electrons. The first-order valence-electron chi connectivity index (χ1n) is 10.8. The molecule has 1 heterocycles. The predicted octanol–water partition coefficient (Wildman–Crippen LogP) is 4.42. The van der Waals surface area contributed by atoms with Gasteiger partial charge in [-0.05, 0) is 73.4 Å². The minimum absolute atomic E-state index is 0.0966. The van der Waals surface area contributed by atoms with Crippen LogP contribution in [0.4, 0.5) is 0 Å². The number of nitrogens with zero attached hydrogens (tertiary/aromatic N) is 1. The fraction of sp³-hybridized carbons (Fsp3) is 0.222. The first kappa shape index (κ1) is 25.1. The van der Waals surface area contributed by atoms with Crippen molar-refractivity contribution in [3.63, 3.8) is 0 Å². The molecule has 3 rings (SSSR count). The summed E-state index contributed by atoms with van der Waals surface area (Å²) in [6.07, 6.45) is 2.91. The van der Waals surface area contributed by atoms with Gasteiger partial charge in [0.15, 0.2) is 18.1 Å². The lowest BCUT2D eigenvalue weighted by Gasteiger charge is -2.14. The molecule has 0 saturated heterocycles. The van der Waals surface area contributed by atoms with Gasteiger partial charge in [0.25, 0.3) is 5.91 Å². The molecule has 0 aliphatic rings. The van der Waals surface area contributed by atoms with E-state index in [1.807, 2.05) is 39.0 Å². The molecule has 180 valence electrons. The summed E-state index contributed by atoms with van der Waals surface area (Å²) in [4.78, 5) is 24.8. The molecule has 0 atom stereocenters. The molecular formula is C27H26N2O6. The number of esters is 1. The molecule has 8 nitrogen and oxygen atoms in total. The molecular weight excluding hydrogens is 448 g/mol. The van der Waals surface area contributed by atoms with Crippen LogP contribution in [0.5, 0.6) is 17.2 Å². The molecule has 2 aromatic carbocycles. The van der Waals surface area contributed by atoms with Crippen molar-refractivity contribution >= 4 is 18.0 Å². The van der Waals surface area contributed by atoms with Gasteiger partial charge < -0.3 is 23.9 Å². The minimum Gasteiger partial charge on any atom is -0.493 e. The molecule has 0 aliphatic heterocycles. The van der Waals surface area contributed by atoms with Crippen LogP contribution in [0.15, 0.2) is 58.7 Å². The van der Waals surface area contributed by atoms with Crippen LogP contribution in [0.3, 0.4) is 0 Å². The molecule has 0 saturated carbocycles. The summed E-state index contributed by atoms with van der Waals surface area (Å²) in [6, 6.07) is 13.9. The van der Waals surface area contributed by atoms with Crippen LogP contribution in [0.2, 0.25) is 0 Å². The van der Waals surface area contributed by atoms with E-state index >= 15 is 0 Å². The molecule has 0 unspecified atom stereocenters. The van der Waals surface area contributed by atoms with E-state index in [-0.39, 0.29) is 30.2 Å². The average Bonchev–Trinajstić information content (AvgIpc) is 3.38. The maximum Gasteiger partial charge on any atom is 0.349 e. The summed E-state index contributed by atoms with van der Waals surface area (Å²) in [7, 11) is 1.43. The van der Waals surface area contributed by atoms with E-state index < -0.39 is 11.9 Å². The Balaban J connectivity index is 1.67. The van der Waals surface area contributed by atoms with Crippen molar-refractivity contribution in [1.29, 1.82) is 5.26 Å². The van der Waals surface area contributed by atoms with Crippen molar-refractivity contribution in [2.45, 2.75) is 27.3 Å². The summed E-state index contributed by atoms with van der Waals surface area (Å²) in [5, 5.41) is 12.0. The van der Waals surface area contributed by atoms with Crippen molar-refractivity contribution in [2.75, 3.05) is 13.7 Å². The minimum atomic E-state index is -0.595. The van der Waals surface area contributed by atoms with Crippen LogP contribution in [0.1, 0.15) is 28.0 Å². The summed E-state index contributed by atoms with van der Waals surface area (Å²) in [5.74, 6) is 0.545. The quantitative estimate of drug-likeness (QED) is 0.211. The second-order valence-corrected chi connectivity index (χ2v) is 7.76. The predicted molar refractivity (Wildman–Crippen MR) is 129 cm³/mol. The normalized spacial score (nSPS) is 10.9. The van der Waals surface area contributed by atoms with Gasteiger partial charge in [-0.3, -0.25) is 4.79 Å². The number of nitrogens with one attached hydrogen (secondary N) is 1. The molecule has 0 aliphatic carbocycles. The second kappa shape index (κ2) is 11.6. The van der Waals surface area contributed by atoms with Crippen molar-refractivity contribution in [1.82, 2.24) is 5.32 Å². The zero-order chi connectivity index (χ0) is 25.4. The Labute approximate surface area is 203 Å².